The van der Waals surface area contributed by atoms with Gasteiger partial charge in [-0.3, -0.25) is 0 Å². The predicted octanol–water partition coefficient (Wildman–Crippen LogP) is 2.28. The van der Waals surface area contributed by atoms with Crippen LogP contribution >= 0.6 is 0 Å². The Morgan fingerprint density at radius 1 is 1.08 bits per heavy atom. The first kappa shape index (κ1) is 17.7. The summed E-state index contributed by atoms with van der Waals surface area (Å²) in [7, 11) is -3.64. The second-order valence-corrected chi connectivity index (χ2v) is 8.88. The third-order valence-corrected chi connectivity index (χ3v) is 7.04. The molecule has 0 N–H and O–H groups in total. The summed E-state index contributed by atoms with van der Waals surface area (Å²) in [6.45, 7) is 5.02. The van der Waals surface area contributed by atoms with Crippen LogP contribution in [-0.2, 0) is 10.0 Å². The molecule has 0 bridgehead atoms. The summed E-state index contributed by atoms with van der Waals surface area (Å²) < 4.78 is 37.9. The van der Waals surface area contributed by atoms with E-state index in [4.69, 9.17) is 8.83 Å². The zero-order valence-corrected chi connectivity index (χ0v) is 15.7. The molecule has 0 aromatic carbocycles. The number of hydrogen-bond acceptors (Lipinski definition) is 7. The molecule has 2 saturated heterocycles. The molecule has 2 aromatic rings. The standard InChI is InChI=1S/C17H24N4O4S/c1-13-18-19-17(25-13)14-11-16(24-12-14)26(22,23)21-9-5-15(6-10-21)20-7-3-2-4-8-20/h11-12,15H,2-10H2,1H3. The normalized spacial score (nSPS) is 21.3. The topological polar surface area (TPSA) is 92.7 Å². The number of sulfonamides is 1. The Kier molecular flexibility index (Phi) is 4.85. The third-order valence-electron chi connectivity index (χ3n) is 5.27. The first-order chi connectivity index (χ1) is 12.5. The highest BCUT2D eigenvalue weighted by atomic mass is 32.2. The Bertz CT molecular complexity index is 846. The molecule has 0 saturated carbocycles. The van der Waals surface area contributed by atoms with E-state index in [9.17, 15) is 8.42 Å². The number of likely N-dealkylation sites (tertiary alicyclic amines) is 1. The van der Waals surface area contributed by atoms with Crippen LogP contribution in [-0.4, -0.2) is 60.0 Å². The SMILES string of the molecule is Cc1nnc(-c2coc(S(=O)(=O)N3CCC(N4CCCCC4)CC3)c2)o1. The number of piperidine rings is 2. The molecule has 2 aliphatic rings. The van der Waals surface area contributed by atoms with Gasteiger partial charge in [-0.2, -0.15) is 4.31 Å². The predicted molar refractivity (Wildman–Crippen MR) is 93.9 cm³/mol. The van der Waals surface area contributed by atoms with E-state index in [2.05, 4.69) is 15.1 Å². The van der Waals surface area contributed by atoms with Crippen molar-refractivity contribution in [3.05, 3.63) is 18.2 Å². The quantitative estimate of drug-likeness (QED) is 0.803. The van der Waals surface area contributed by atoms with Crippen LogP contribution in [0.15, 0.2) is 26.3 Å². The fourth-order valence-electron chi connectivity index (χ4n) is 3.84. The van der Waals surface area contributed by atoms with Crippen molar-refractivity contribution in [1.82, 2.24) is 19.4 Å². The fraction of sp³-hybridized carbons (Fsp3) is 0.647. The molecular weight excluding hydrogens is 356 g/mol. The van der Waals surface area contributed by atoms with E-state index in [0.29, 0.717) is 30.6 Å². The van der Waals surface area contributed by atoms with Gasteiger partial charge in [-0.15, -0.1) is 10.2 Å². The molecule has 0 radical (unpaired) electrons. The van der Waals surface area contributed by atoms with Crippen LogP contribution in [0, 0.1) is 6.92 Å². The van der Waals surface area contributed by atoms with Gasteiger partial charge in [-0.25, -0.2) is 8.42 Å². The lowest BCUT2D eigenvalue weighted by Gasteiger charge is -2.39. The van der Waals surface area contributed by atoms with E-state index >= 15 is 0 Å². The summed E-state index contributed by atoms with van der Waals surface area (Å²) >= 11 is 0. The van der Waals surface area contributed by atoms with E-state index in [0.717, 1.165) is 25.9 Å². The van der Waals surface area contributed by atoms with Gasteiger partial charge in [-0.05, 0) is 38.8 Å². The third kappa shape index (κ3) is 3.43. The van der Waals surface area contributed by atoms with Crippen molar-refractivity contribution < 1.29 is 17.3 Å². The van der Waals surface area contributed by atoms with Crippen LogP contribution < -0.4 is 0 Å². The first-order valence-corrected chi connectivity index (χ1v) is 10.6. The van der Waals surface area contributed by atoms with E-state index in [-0.39, 0.29) is 11.0 Å². The van der Waals surface area contributed by atoms with Crippen LogP contribution in [0.25, 0.3) is 11.5 Å². The minimum Gasteiger partial charge on any atom is -0.451 e. The molecule has 4 rings (SSSR count). The Morgan fingerprint density at radius 3 is 2.46 bits per heavy atom. The molecular formula is C17H24N4O4S. The van der Waals surface area contributed by atoms with E-state index in [1.807, 2.05) is 0 Å². The largest absolute Gasteiger partial charge is 0.451 e. The highest BCUT2D eigenvalue weighted by Gasteiger charge is 2.34. The van der Waals surface area contributed by atoms with Gasteiger partial charge in [0, 0.05) is 32.1 Å². The van der Waals surface area contributed by atoms with Crippen molar-refractivity contribution in [2.24, 2.45) is 0 Å². The number of furan rings is 1. The maximum absolute atomic E-state index is 12.9. The number of nitrogens with zero attached hydrogens (tertiary/aromatic N) is 4. The molecule has 0 spiro atoms. The van der Waals surface area contributed by atoms with E-state index in [1.165, 1.54) is 35.9 Å². The number of aryl methyl sites for hydroxylation is 1. The average molecular weight is 380 g/mol. The second kappa shape index (κ2) is 7.13. The van der Waals surface area contributed by atoms with Gasteiger partial charge in [0.05, 0.1) is 5.56 Å². The Balaban J connectivity index is 1.43. The molecule has 0 atom stereocenters. The van der Waals surface area contributed by atoms with Gasteiger partial charge in [0.15, 0.2) is 0 Å². The monoisotopic (exact) mass is 380 g/mol. The number of hydrogen-bond donors (Lipinski definition) is 0. The summed E-state index contributed by atoms with van der Waals surface area (Å²) in [4.78, 5) is 2.52. The number of aromatic nitrogens is 2. The van der Waals surface area contributed by atoms with Crippen molar-refractivity contribution in [3.8, 4) is 11.5 Å². The molecule has 2 aliphatic heterocycles. The molecule has 9 heteroatoms. The minimum absolute atomic E-state index is 0.0697. The van der Waals surface area contributed by atoms with Crippen LogP contribution in [0.3, 0.4) is 0 Å². The smallest absolute Gasteiger partial charge is 0.276 e. The van der Waals surface area contributed by atoms with Crippen molar-refractivity contribution in [2.45, 2.75) is 50.2 Å². The summed E-state index contributed by atoms with van der Waals surface area (Å²) in [5.41, 5.74) is 0.479. The molecule has 142 valence electrons. The molecule has 26 heavy (non-hydrogen) atoms. The zero-order chi connectivity index (χ0) is 18.1. The zero-order valence-electron chi connectivity index (χ0n) is 14.9. The van der Waals surface area contributed by atoms with Gasteiger partial charge in [0.1, 0.15) is 6.26 Å². The van der Waals surface area contributed by atoms with Gasteiger partial charge in [0.25, 0.3) is 15.9 Å². The highest BCUT2D eigenvalue weighted by molar-refractivity contribution is 7.89. The minimum atomic E-state index is -3.64. The van der Waals surface area contributed by atoms with Crippen molar-refractivity contribution in [2.75, 3.05) is 26.2 Å². The van der Waals surface area contributed by atoms with Crippen molar-refractivity contribution >= 4 is 10.0 Å². The lowest BCUT2D eigenvalue weighted by Crippen LogP contribution is -2.48. The van der Waals surface area contributed by atoms with Crippen LogP contribution in [0.4, 0.5) is 0 Å². The maximum Gasteiger partial charge on any atom is 0.276 e. The lowest BCUT2D eigenvalue weighted by atomic mass is 10.0. The van der Waals surface area contributed by atoms with E-state index < -0.39 is 10.0 Å². The Hall–Kier alpha value is -1.71. The van der Waals surface area contributed by atoms with Gasteiger partial charge >= 0.3 is 0 Å². The second-order valence-electron chi connectivity index (χ2n) is 7.01. The maximum atomic E-state index is 12.9. The Morgan fingerprint density at radius 2 is 1.81 bits per heavy atom. The number of rotatable bonds is 4. The summed E-state index contributed by atoms with van der Waals surface area (Å²) in [5, 5.41) is 7.58. The van der Waals surface area contributed by atoms with E-state index in [1.54, 1.807) is 6.92 Å². The molecule has 2 aromatic heterocycles. The van der Waals surface area contributed by atoms with Crippen LogP contribution in [0.2, 0.25) is 0 Å². The van der Waals surface area contributed by atoms with Gasteiger partial charge in [0.2, 0.25) is 11.0 Å². The van der Waals surface area contributed by atoms with Crippen LogP contribution in [0.1, 0.15) is 38.0 Å². The van der Waals surface area contributed by atoms with Crippen molar-refractivity contribution in [3.63, 3.8) is 0 Å². The summed E-state index contributed by atoms with van der Waals surface area (Å²) in [5.74, 6) is 0.682. The summed E-state index contributed by atoms with van der Waals surface area (Å²) in [6.07, 6.45) is 6.90. The molecule has 8 nitrogen and oxygen atoms in total. The fourth-order valence-corrected chi connectivity index (χ4v) is 5.23. The molecule has 4 heterocycles. The summed E-state index contributed by atoms with van der Waals surface area (Å²) in [6, 6.07) is 1.95. The highest BCUT2D eigenvalue weighted by Crippen LogP contribution is 2.28. The Labute approximate surface area is 153 Å². The molecule has 0 amide bonds. The van der Waals surface area contributed by atoms with Crippen LogP contribution in [0.5, 0.6) is 0 Å². The molecule has 0 aliphatic carbocycles. The van der Waals surface area contributed by atoms with Gasteiger partial charge in [-0.1, -0.05) is 6.42 Å². The first-order valence-electron chi connectivity index (χ1n) is 9.17. The van der Waals surface area contributed by atoms with Crippen molar-refractivity contribution in [1.29, 1.82) is 0 Å². The van der Waals surface area contributed by atoms with Gasteiger partial charge < -0.3 is 13.7 Å². The lowest BCUT2D eigenvalue weighted by molar-refractivity contribution is 0.117. The molecule has 0 unspecified atom stereocenters. The average Bonchev–Trinajstić information content (AvgIpc) is 3.32. The molecule has 2 fully saturated rings.